The number of hydrogen-bond donors (Lipinski definition) is 1. The van der Waals surface area contributed by atoms with Crippen LogP contribution in [0.1, 0.15) is 5.69 Å². The second-order valence-electron chi connectivity index (χ2n) is 3.24. The highest BCUT2D eigenvalue weighted by atomic mass is 35.5. The van der Waals surface area contributed by atoms with Crippen molar-refractivity contribution in [2.24, 2.45) is 0 Å². The summed E-state index contributed by atoms with van der Waals surface area (Å²) in [5.74, 6) is 0.565. The van der Waals surface area contributed by atoms with Crippen molar-refractivity contribution < 1.29 is 9.84 Å². The first kappa shape index (κ1) is 10.6. The molecule has 1 aliphatic rings. The van der Waals surface area contributed by atoms with Crippen molar-refractivity contribution in [3.05, 3.63) is 16.9 Å². The SMILES string of the molecule is OCc1cc(Cl)nc(N2CCOCC2)n1. The minimum Gasteiger partial charge on any atom is -0.390 e. The lowest BCUT2D eigenvalue weighted by atomic mass is 10.4. The molecule has 0 radical (unpaired) electrons. The minimum absolute atomic E-state index is 0.125. The molecule has 82 valence electrons. The van der Waals surface area contributed by atoms with Gasteiger partial charge in [-0.05, 0) is 6.07 Å². The molecule has 1 N–H and O–H groups in total. The van der Waals surface area contributed by atoms with E-state index in [0.29, 0.717) is 30.0 Å². The molecule has 1 aromatic rings. The van der Waals surface area contributed by atoms with Gasteiger partial charge >= 0.3 is 0 Å². The standard InChI is InChI=1S/C9H12ClN3O2/c10-8-5-7(6-14)11-9(12-8)13-1-3-15-4-2-13/h5,14H,1-4,6H2. The fraction of sp³-hybridized carbons (Fsp3) is 0.556. The molecule has 1 saturated heterocycles. The lowest BCUT2D eigenvalue weighted by Crippen LogP contribution is -2.37. The highest BCUT2D eigenvalue weighted by Gasteiger charge is 2.14. The maximum Gasteiger partial charge on any atom is 0.227 e. The van der Waals surface area contributed by atoms with Crippen molar-refractivity contribution >= 4 is 17.5 Å². The van der Waals surface area contributed by atoms with E-state index < -0.39 is 0 Å². The van der Waals surface area contributed by atoms with Gasteiger partial charge in [0, 0.05) is 13.1 Å². The van der Waals surface area contributed by atoms with Crippen LogP contribution < -0.4 is 4.90 Å². The quantitative estimate of drug-likeness (QED) is 0.747. The molecule has 5 nitrogen and oxygen atoms in total. The van der Waals surface area contributed by atoms with E-state index in [9.17, 15) is 0 Å². The summed E-state index contributed by atoms with van der Waals surface area (Å²) in [4.78, 5) is 10.3. The third kappa shape index (κ3) is 2.56. The van der Waals surface area contributed by atoms with Gasteiger partial charge in [0.05, 0.1) is 25.5 Å². The maximum absolute atomic E-state index is 8.99. The van der Waals surface area contributed by atoms with E-state index >= 15 is 0 Å². The fourth-order valence-electron chi connectivity index (χ4n) is 1.44. The Kier molecular flexibility index (Phi) is 3.35. The number of anilines is 1. The first-order chi connectivity index (χ1) is 7.29. The smallest absolute Gasteiger partial charge is 0.227 e. The van der Waals surface area contributed by atoms with Crippen molar-refractivity contribution in [3.8, 4) is 0 Å². The van der Waals surface area contributed by atoms with Crippen molar-refractivity contribution in [2.45, 2.75) is 6.61 Å². The Bertz CT molecular complexity index is 342. The number of rotatable bonds is 2. The summed E-state index contributed by atoms with van der Waals surface area (Å²) >= 11 is 5.83. The molecule has 0 bridgehead atoms. The van der Waals surface area contributed by atoms with E-state index in [0.717, 1.165) is 13.1 Å². The van der Waals surface area contributed by atoms with Crippen molar-refractivity contribution in [1.82, 2.24) is 9.97 Å². The molecular formula is C9H12ClN3O2. The second kappa shape index (κ2) is 4.74. The van der Waals surface area contributed by atoms with Crippen LogP contribution in [0, 0.1) is 0 Å². The van der Waals surface area contributed by atoms with Crippen LogP contribution in [0.15, 0.2) is 6.07 Å². The zero-order chi connectivity index (χ0) is 10.7. The van der Waals surface area contributed by atoms with E-state index in [1.165, 1.54) is 0 Å². The topological polar surface area (TPSA) is 58.5 Å². The van der Waals surface area contributed by atoms with Crippen LogP contribution in [0.5, 0.6) is 0 Å². The first-order valence-corrected chi connectivity index (χ1v) is 5.14. The van der Waals surface area contributed by atoms with Gasteiger partial charge < -0.3 is 14.7 Å². The van der Waals surface area contributed by atoms with Gasteiger partial charge in [-0.2, -0.15) is 0 Å². The van der Waals surface area contributed by atoms with Gasteiger partial charge in [-0.3, -0.25) is 0 Å². The molecule has 1 fully saturated rings. The highest BCUT2D eigenvalue weighted by Crippen LogP contribution is 2.15. The minimum atomic E-state index is -0.125. The van der Waals surface area contributed by atoms with Gasteiger partial charge in [0.25, 0.3) is 0 Å². The average Bonchev–Trinajstić information content (AvgIpc) is 2.29. The van der Waals surface area contributed by atoms with Crippen LogP contribution in [0.2, 0.25) is 5.15 Å². The number of ether oxygens (including phenoxy) is 1. The highest BCUT2D eigenvalue weighted by molar-refractivity contribution is 6.29. The lowest BCUT2D eigenvalue weighted by Gasteiger charge is -2.26. The molecule has 0 aliphatic carbocycles. The number of morpholine rings is 1. The molecule has 0 atom stereocenters. The second-order valence-corrected chi connectivity index (χ2v) is 3.63. The zero-order valence-electron chi connectivity index (χ0n) is 8.19. The van der Waals surface area contributed by atoms with Crippen LogP contribution in [0.25, 0.3) is 0 Å². The van der Waals surface area contributed by atoms with E-state index in [1.807, 2.05) is 4.90 Å². The molecule has 0 unspecified atom stereocenters. The van der Waals surface area contributed by atoms with Gasteiger partial charge in [0.2, 0.25) is 5.95 Å². The molecular weight excluding hydrogens is 218 g/mol. The van der Waals surface area contributed by atoms with E-state index in [2.05, 4.69) is 9.97 Å². The maximum atomic E-state index is 8.99. The zero-order valence-corrected chi connectivity index (χ0v) is 8.94. The lowest BCUT2D eigenvalue weighted by molar-refractivity contribution is 0.122. The molecule has 1 aromatic heterocycles. The molecule has 0 saturated carbocycles. The van der Waals surface area contributed by atoms with Crippen molar-refractivity contribution in [3.63, 3.8) is 0 Å². The summed E-state index contributed by atoms with van der Waals surface area (Å²) in [5.41, 5.74) is 0.538. The third-order valence-electron chi connectivity index (χ3n) is 2.19. The van der Waals surface area contributed by atoms with Crippen molar-refractivity contribution in [2.75, 3.05) is 31.2 Å². The van der Waals surface area contributed by atoms with Crippen LogP contribution in [0.3, 0.4) is 0 Å². The summed E-state index contributed by atoms with van der Waals surface area (Å²) in [6.45, 7) is 2.73. The third-order valence-corrected chi connectivity index (χ3v) is 2.39. The predicted molar refractivity (Wildman–Crippen MR) is 56.0 cm³/mol. The Morgan fingerprint density at radius 3 is 2.80 bits per heavy atom. The van der Waals surface area contributed by atoms with Crippen molar-refractivity contribution in [1.29, 1.82) is 0 Å². The number of halogens is 1. The molecule has 2 heterocycles. The summed E-state index contributed by atoms with van der Waals surface area (Å²) in [7, 11) is 0. The largest absolute Gasteiger partial charge is 0.390 e. The van der Waals surface area contributed by atoms with Gasteiger partial charge in [0.1, 0.15) is 5.15 Å². The number of hydrogen-bond acceptors (Lipinski definition) is 5. The van der Waals surface area contributed by atoms with Crippen LogP contribution in [-0.2, 0) is 11.3 Å². The average molecular weight is 230 g/mol. The molecule has 1 aliphatic heterocycles. The molecule has 0 aromatic carbocycles. The Balaban J connectivity index is 2.22. The Hall–Kier alpha value is -0.910. The number of aliphatic hydroxyl groups excluding tert-OH is 1. The van der Waals surface area contributed by atoms with Gasteiger partial charge in [0.15, 0.2) is 0 Å². The van der Waals surface area contributed by atoms with Crippen LogP contribution >= 0.6 is 11.6 Å². The van der Waals surface area contributed by atoms with E-state index in [1.54, 1.807) is 6.07 Å². The molecule has 6 heteroatoms. The van der Waals surface area contributed by atoms with Gasteiger partial charge in [-0.25, -0.2) is 9.97 Å². The number of nitrogens with zero attached hydrogens (tertiary/aromatic N) is 3. The Morgan fingerprint density at radius 2 is 2.13 bits per heavy atom. The normalized spacial score (nSPS) is 16.8. The van der Waals surface area contributed by atoms with Crippen LogP contribution in [0.4, 0.5) is 5.95 Å². The summed E-state index contributed by atoms with van der Waals surface area (Å²) in [5, 5.41) is 9.35. The summed E-state index contributed by atoms with van der Waals surface area (Å²) in [6.07, 6.45) is 0. The molecule has 0 amide bonds. The predicted octanol–water partition coefficient (Wildman–Crippen LogP) is 0.459. The summed E-state index contributed by atoms with van der Waals surface area (Å²) in [6, 6.07) is 1.56. The Morgan fingerprint density at radius 1 is 1.40 bits per heavy atom. The number of aliphatic hydroxyl groups is 1. The fourth-order valence-corrected chi connectivity index (χ4v) is 1.64. The monoisotopic (exact) mass is 229 g/mol. The van der Waals surface area contributed by atoms with E-state index in [-0.39, 0.29) is 6.61 Å². The number of aromatic nitrogens is 2. The van der Waals surface area contributed by atoms with Crippen LogP contribution in [-0.4, -0.2) is 41.4 Å². The Labute approximate surface area is 92.7 Å². The van der Waals surface area contributed by atoms with Gasteiger partial charge in [-0.15, -0.1) is 0 Å². The molecule has 15 heavy (non-hydrogen) atoms. The van der Waals surface area contributed by atoms with Gasteiger partial charge in [-0.1, -0.05) is 11.6 Å². The molecule has 0 spiro atoms. The van der Waals surface area contributed by atoms with E-state index in [4.69, 9.17) is 21.4 Å². The summed E-state index contributed by atoms with van der Waals surface area (Å²) < 4.78 is 5.23. The molecule has 2 rings (SSSR count). The first-order valence-electron chi connectivity index (χ1n) is 4.76.